The third-order valence-electron chi connectivity index (χ3n) is 5.59. The van der Waals surface area contributed by atoms with E-state index in [1.165, 1.54) is 6.07 Å². The number of benzene rings is 1. The average Bonchev–Trinajstić information content (AvgIpc) is 3.16. The Balaban J connectivity index is 1.83. The number of piperidine rings is 1. The van der Waals surface area contributed by atoms with E-state index in [-0.39, 0.29) is 24.1 Å². The molecule has 8 heteroatoms. The molecule has 1 saturated carbocycles. The van der Waals surface area contributed by atoms with Gasteiger partial charge in [-0.1, -0.05) is 6.07 Å². The molecule has 0 atom stereocenters. The maximum atomic E-state index is 12.8. The summed E-state index contributed by atoms with van der Waals surface area (Å²) in [5.41, 5.74) is -0.105. The van der Waals surface area contributed by atoms with E-state index in [1.54, 1.807) is 17.0 Å². The molecule has 2 fully saturated rings. The van der Waals surface area contributed by atoms with Gasteiger partial charge in [-0.05, 0) is 56.2 Å². The number of hydrogen-bond acceptors (Lipinski definition) is 5. The van der Waals surface area contributed by atoms with E-state index in [0.29, 0.717) is 31.5 Å². The number of carboxylic acid groups (broad SMARTS) is 1. The summed E-state index contributed by atoms with van der Waals surface area (Å²) in [5.74, 6) is -0.681. The lowest BCUT2D eigenvalue weighted by Gasteiger charge is -2.37. The monoisotopic (exact) mass is 394 g/mol. The number of halogens is 2. The summed E-state index contributed by atoms with van der Waals surface area (Å²) in [7, 11) is 0. The third-order valence-corrected chi connectivity index (χ3v) is 5.59. The second-order valence-electron chi connectivity index (χ2n) is 7.43. The van der Waals surface area contributed by atoms with Crippen LogP contribution in [0.5, 0.6) is 11.5 Å². The number of ether oxygens (including phenoxy) is 2. The highest BCUT2D eigenvalue weighted by atomic mass is 19.3. The van der Waals surface area contributed by atoms with Crippen molar-refractivity contribution < 1.29 is 28.2 Å². The Morgan fingerprint density at radius 1 is 1.29 bits per heavy atom. The topological polar surface area (TPSA) is 82.8 Å². The van der Waals surface area contributed by atoms with Gasteiger partial charge in [-0.3, -0.25) is 9.69 Å². The number of carbonyl (C=O) groups is 1. The molecule has 3 rings (SSSR count). The summed E-state index contributed by atoms with van der Waals surface area (Å²) in [4.78, 5) is 12.7. The van der Waals surface area contributed by atoms with Crippen LogP contribution in [0.3, 0.4) is 0 Å². The molecule has 1 aliphatic carbocycles. The third kappa shape index (κ3) is 4.71. The van der Waals surface area contributed by atoms with Crippen LogP contribution in [0.2, 0.25) is 0 Å². The van der Waals surface area contributed by atoms with E-state index in [4.69, 9.17) is 9.84 Å². The van der Waals surface area contributed by atoms with Gasteiger partial charge >= 0.3 is 12.6 Å². The van der Waals surface area contributed by atoms with Gasteiger partial charge in [0.15, 0.2) is 11.5 Å². The van der Waals surface area contributed by atoms with Crippen molar-refractivity contribution >= 4 is 5.97 Å². The van der Waals surface area contributed by atoms with Gasteiger partial charge in [-0.2, -0.15) is 14.0 Å². The zero-order valence-corrected chi connectivity index (χ0v) is 15.6. The predicted octanol–water partition coefficient (Wildman–Crippen LogP) is 3.55. The molecule has 1 aromatic carbocycles. The lowest BCUT2D eigenvalue weighted by molar-refractivity contribution is -0.138. The normalized spacial score (nSPS) is 20.1. The Labute approximate surface area is 162 Å². The van der Waals surface area contributed by atoms with Crippen LogP contribution in [0.1, 0.15) is 44.1 Å². The van der Waals surface area contributed by atoms with Crippen molar-refractivity contribution in [1.29, 1.82) is 5.26 Å². The summed E-state index contributed by atoms with van der Waals surface area (Å²) in [5, 5.41) is 18.8. The van der Waals surface area contributed by atoms with Gasteiger partial charge < -0.3 is 14.6 Å². The van der Waals surface area contributed by atoms with Crippen molar-refractivity contribution in [3.05, 3.63) is 23.8 Å². The van der Waals surface area contributed by atoms with Crippen LogP contribution in [-0.2, 0) is 10.2 Å². The van der Waals surface area contributed by atoms with Gasteiger partial charge in [0.1, 0.15) is 0 Å². The Hall–Kier alpha value is -2.40. The zero-order chi connectivity index (χ0) is 20.1. The van der Waals surface area contributed by atoms with E-state index in [2.05, 4.69) is 10.8 Å². The van der Waals surface area contributed by atoms with E-state index < -0.39 is 18.0 Å². The molecular weight excluding hydrogens is 370 g/mol. The van der Waals surface area contributed by atoms with Gasteiger partial charge in [-0.15, -0.1) is 0 Å². The van der Waals surface area contributed by atoms with Crippen LogP contribution in [0.4, 0.5) is 8.78 Å². The molecule has 0 amide bonds. The van der Waals surface area contributed by atoms with Crippen LogP contribution in [-0.4, -0.2) is 48.3 Å². The number of carboxylic acids is 1. The van der Waals surface area contributed by atoms with Crippen LogP contribution in [0.15, 0.2) is 18.2 Å². The summed E-state index contributed by atoms with van der Waals surface area (Å²) >= 11 is 0. The zero-order valence-electron chi connectivity index (χ0n) is 15.6. The Morgan fingerprint density at radius 2 is 1.96 bits per heavy atom. The fourth-order valence-corrected chi connectivity index (χ4v) is 4.03. The first-order valence-corrected chi connectivity index (χ1v) is 9.53. The van der Waals surface area contributed by atoms with E-state index in [1.807, 2.05) is 0 Å². The second-order valence-corrected chi connectivity index (χ2v) is 7.43. The number of alkyl halides is 2. The van der Waals surface area contributed by atoms with Crippen molar-refractivity contribution in [3.8, 4) is 17.6 Å². The van der Waals surface area contributed by atoms with Crippen molar-refractivity contribution in [2.24, 2.45) is 0 Å². The summed E-state index contributed by atoms with van der Waals surface area (Å²) in [6.45, 7) is -2.05. The van der Waals surface area contributed by atoms with Crippen LogP contribution in [0.25, 0.3) is 0 Å². The van der Waals surface area contributed by atoms with Gasteiger partial charge in [0.2, 0.25) is 0 Å². The average molecular weight is 394 g/mol. The molecule has 1 saturated heterocycles. The maximum Gasteiger partial charge on any atom is 0.387 e. The SMILES string of the molecule is N#CC1(c2ccc(OC(F)F)c(OC3CCCC3)c2)CCN(CC(=O)O)CC1. The molecule has 1 aromatic rings. The molecule has 1 N–H and O–H groups in total. The minimum atomic E-state index is -2.96. The van der Waals surface area contributed by atoms with Crippen molar-refractivity contribution in [1.82, 2.24) is 4.90 Å². The molecule has 6 nitrogen and oxygen atoms in total. The number of aliphatic carboxylic acids is 1. The van der Waals surface area contributed by atoms with Gasteiger partial charge in [0.25, 0.3) is 0 Å². The Bertz CT molecular complexity index is 736. The molecule has 2 aliphatic rings. The molecule has 0 spiro atoms. The van der Waals surface area contributed by atoms with Crippen LogP contribution in [0, 0.1) is 11.3 Å². The molecule has 1 heterocycles. The van der Waals surface area contributed by atoms with Gasteiger partial charge in [0, 0.05) is 13.1 Å². The minimum absolute atomic E-state index is 0.0259. The number of nitriles is 1. The Morgan fingerprint density at radius 3 is 2.54 bits per heavy atom. The highest BCUT2D eigenvalue weighted by Gasteiger charge is 2.37. The molecular formula is C20H24F2N2O4. The van der Waals surface area contributed by atoms with Crippen molar-refractivity contribution in [3.63, 3.8) is 0 Å². The summed E-state index contributed by atoms with van der Waals surface area (Å²) in [6, 6.07) is 7.09. The fourth-order valence-electron chi connectivity index (χ4n) is 4.03. The van der Waals surface area contributed by atoms with Crippen LogP contribution >= 0.6 is 0 Å². The maximum absolute atomic E-state index is 12.8. The Kier molecular flexibility index (Phi) is 6.35. The number of likely N-dealkylation sites (tertiary alicyclic amines) is 1. The molecule has 28 heavy (non-hydrogen) atoms. The first kappa shape index (κ1) is 20.3. The molecule has 0 aromatic heterocycles. The van der Waals surface area contributed by atoms with Crippen LogP contribution < -0.4 is 9.47 Å². The standard InChI is InChI=1S/C20H24F2N2O4/c21-19(22)28-16-6-5-14(11-17(16)27-15-3-1-2-4-15)20(13-23)7-9-24(10-8-20)12-18(25)26/h5-6,11,15,19H,1-4,7-10,12H2,(H,25,26). The minimum Gasteiger partial charge on any atom is -0.487 e. The largest absolute Gasteiger partial charge is 0.487 e. The van der Waals surface area contributed by atoms with Gasteiger partial charge in [0.05, 0.1) is 24.1 Å². The summed E-state index contributed by atoms with van der Waals surface area (Å²) < 4.78 is 36.1. The number of rotatable bonds is 7. The second kappa shape index (κ2) is 8.74. The van der Waals surface area contributed by atoms with Gasteiger partial charge in [-0.25, -0.2) is 0 Å². The smallest absolute Gasteiger partial charge is 0.387 e. The fraction of sp³-hybridized carbons (Fsp3) is 0.600. The van der Waals surface area contributed by atoms with Crippen molar-refractivity contribution in [2.45, 2.75) is 56.7 Å². The first-order valence-electron chi connectivity index (χ1n) is 9.53. The number of hydrogen-bond donors (Lipinski definition) is 1. The molecule has 152 valence electrons. The number of nitrogens with zero attached hydrogens (tertiary/aromatic N) is 2. The highest BCUT2D eigenvalue weighted by Crippen LogP contribution is 2.41. The molecule has 0 radical (unpaired) electrons. The quantitative estimate of drug-likeness (QED) is 0.762. The summed E-state index contributed by atoms with van der Waals surface area (Å²) in [6.07, 6.45) is 4.71. The lowest BCUT2D eigenvalue weighted by atomic mass is 9.74. The van der Waals surface area contributed by atoms with E-state index in [0.717, 1.165) is 25.7 Å². The van der Waals surface area contributed by atoms with Crippen molar-refractivity contribution in [2.75, 3.05) is 19.6 Å². The molecule has 1 aliphatic heterocycles. The highest BCUT2D eigenvalue weighted by molar-refractivity contribution is 5.69. The molecule has 0 unspecified atom stereocenters. The molecule has 0 bridgehead atoms. The lowest BCUT2D eigenvalue weighted by Crippen LogP contribution is -2.43. The predicted molar refractivity (Wildman–Crippen MR) is 96.6 cm³/mol. The van der Waals surface area contributed by atoms with E-state index >= 15 is 0 Å². The van der Waals surface area contributed by atoms with E-state index in [9.17, 15) is 18.8 Å². The first-order chi connectivity index (χ1) is 13.4.